The Morgan fingerprint density at radius 1 is 1.35 bits per heavy atom. The van der Waals surface area contributed by atoms with E-state index >= 15 is 0 Å². The molecule has 0 aromatic rings. The molecule has 0 radical (unpaired) electrons. The van der Waals surface area contributed by atoms with E-state index in [1.807, 2.05) is 6.08 Å². The normalized spacial score (nSPS) is 21.9. The van der Waals surface area contributed by atoms with Gasteiger partial charge in [0.1, 0.15) is 6.54 Å². The van der Waals surface area contributed by atoms with Crippen LogP contribution in [0.15, 0.2) is 17.6 Å². The highest BCUT2D eigenvalue weighted by Crippen LogP contribution is 2.20. The lowest BCUT2D eigenvalue weighted by Crippen LogP contribution is -2.43. The van der Waals surface area contributed by atoms with Crippen LogP contribution in [0.1, 0.15) is 19.3 Å². The zero-order valence-electron chi connectivity index (χ0n) is 14.3. The summed E-state index contributed by atoms with van der Waals surface area (Å²) in [5, 5.41) is 3.29. The molecular weight excluding hydrogens is 405 g/mol. The summed E-state index contributed by atoms with van der Waals surface area (Å²) in [4.78, 5) is 22.7. The number of guanidine groups is 1. The van der Waals surface area contributed by atoms with Gasteiger partial charge in [-0.05, 0) is 32.4 Å². The smallest absolute Gasteiger partial charge is 0.243 e. The number of hydrogen-bond donors (Lipinski definition) is 1. The topological polar surface area (TPSA) is 51.2 Å². The van der Waals surface area contributed by atoms with Crippen molar-refractivity contribution in [2.75, 3.05) is 53.4 Å². The van der Waals surface area contributed by atoms with Crippen molar-refractivity contribution in [3.05, 3.63) is 12.7 Å². The highest BCUT2D eigenvalue weighted by atomic mass is 127. The first-order valence-corrected chi connectivity index (χ1v) is 8.20. The van der Waals surface area contributed by atoms with Gasteiger partial charge in [0.15, 0.2) is 5.96 Å². The molecule has 2 fully saturated rings. The van der Waals surface area contributed by atoms with Crippen LogP contribution in [0.5, 0.6) is 0 Å². The minimum Gasteiger partial charge on any atom is -0.353 e. The summed E-state index contributed by atoms with van der Waals surface area (Å²) < 4.78 is 0. The van der Waals surface area contributed by atoms with Gasteiger partial charge in [-0.3, -0.25) is 9.69 Å². The van der Waals surface area contributed by atoms with E-state index in [4.69, 9.17) is 0 Å². The van der Waals surface area contributed by atoms with Gasteiger partial charge < -0.3 is 15.1 Å². The Hall–Kier alpha value is -0.830. The van der Waals surface area contributed by atoms with E-state index in [0.717, 1.165) is 19.0 Å². The zero-order valence-corrected chi connectivity index (χ0v) is 16.7. The van der Waals surface area contributed by atoms with Crippen molar-refractivity contribution in [1.82, 2.24) is 20.0 Å². The molecule has 1 atom stereocenters. The lowest BCUT2D eigenvalue weighted by Gasteiger charge is -2.25. The Morgan fingerprint density at radius 2 is 2.04 bits per heavy atom. The van der Waals surface area contributed by atoms with Crippen LogP contribution in [0.4, 0.5) is 0 Å². The summed E-state index contributed by atoms with van der Waals surface area (Å²) in [6.45, 7) is 9.05. The van der Waals surface area contributed by atoms with Gasteiger partial charge in [-0.15, -0.1) is 30.6 Å². The van der Waals surface area contributed by atoms with E-state index in [9.17, 15) is 4.79 Å². The fraction of sp³-hybridized carbons (Fsp3) is 0.750. The van der Waals surface area contributed by atoms with Crippen molar-refractivity contribution < 1.29 is 4.79 Å². The molecule has 2 aliphatic rings. The van der Waals surface area contributed by atoms with Crippen LogP contribution in [0.3, 0.4) is 0 Å². The molecule has 132 valence electrons. The van der Waals surface area contributed by atoms with E-state index < -0.39 is 0 Å². The maximum Gasteiger partial charge on any atom is 0.243 e. The summed E-state index contributed by atoms with van der Waals surface area (Å²) in [6.07, 6.45) is 5.64. The van der Waals surface area contributed by atoms with Gasteiger partial charge in [0, 0.05) is 39.8 Å². The van der Waals surface area contributed by atoms with Crippen LogP contribution in [0.2, 0.25) is 0 Å². The Balaban J connectivity index is 0.00000264. The molecule has 0 aromatic carbocycles. The highest BCUT2D eigenvalue weighted by molar-refractivity contribution is 14.0. The molecule has 0 bridgehead atoms. The number of carbonyl (C=O) groups is 1. The minimum atomic E-state index is 0. The largest absolute Gasteiger partial charge is 0.353 e. The van der Waals surface area contributed by atoms with Gasteiger partial charge in [-0.2, -0.15) is 0 Å². The zero-order chi connectivity index (χ0) is 15.9. The summed E-state index contributed by atoms with van der Waals surface area (Å²) in [5.74, 6) is 0.852. The molecule has 23 heavy (non-hydrogen) atoms. The van der Waals surface area contributed by atoms with Gasteiger partial charge in [-0.1, -0.05) is 6.08 Å². The minimum absolute atomic E-state index is 0. The molecule has 7 heteroatoms. The van der Waals surface area contributed by atoms with Gasteiger partial charge >= 0.3 is 0 Å². The number of hydrogen-bond acceptors (Lipinski definition) is 3. The van der Waals surface area contributed by atoms with E-state index in [1.54, 1.807) is 19.0 Å². The second kappa shape index (κ2) is 10.1. The first-order valence-electron chi connectivity index (χ1n) is 8.20. The number of likely N-dealkylation sites (tertiary alicyclic amines) is 2. The van der Waals surface area contributed by atoms with Crippen molar-refractivity contribution in [3.63, 3.8) is 0 Å². The quantitative estimate of drug-likeness (QED) is 0.303. The summed E-state index contributed by atoms with van der Waals surface area (Å²) in [6, 6.07) is 0.628. The molecule has 0 spiro atoms. The number of nitrogens with one attached hydrogen (secondary N) is 1. The van der Waals surface area contributed by atoms with Crippen molar-refractivity contribution in [1.29, 1.82) is 0 Å². The van der Waals surface area contributed by atoms with Crippen LogP contribution in [-0.4, -0.2) is 86.0 Å². The van der Waals surface area contributed by atoms with Crippen molar-refractivity contribution in [2.24, 2.45) is 4.99 Å². The second-order valence-electron chi connectivity index (χ2n) is 6.23. The molecule has 2 rings (SSSR count). The molecule has 6 nitrogen and oxygen atoms in total. The molecule has 2 aliphatic heterocycles. The SMILES string of the molecule is C=CCNC(=NCC(=O)N(C)C)N1CCC(N2CCCC2)C1.I. The predicted octanol–water partition coefficient (Wildman–Crippen LogP) is 0.994. The Kier molecular flexibility index (Phi) is 8.90. The number of halogens is 1. The first-order chi connectivity index (χ1) is 10.6. The number of rotatable bonds is 5. The van der Waals surface area contributed by atoms with Gasteiger partial charge in [0.2, 0.25) is 5.91 Å². The van der Waals surface area contributed by atoms with Crippen LogP contribution >= 0.6 is 24.0 Å². The lowest BCUT2D eigenvalue weighted by molar-refractivity contribution is -0.127. The van der Waals surface area contributed by atoms with Crippen LogP contribution in [0.25, 0.3) is 0 Å². The van der Waals surface area contributed by atoms with Crippen LogP contribution in [-0.2, 0) is 4.79 Å². The molecule has 2 saturated heterocycles. The number of nitrogens with zero attached hydrogens (tertiary/aromatic N) is 4. The molecule has 0 aliphatic carbocycles. The van der Waals surface area contributed by atoms with E-state index in [-0.39, 0.29) is 36.4 Å². The molecule has 1 amide bonds. The number of likely N-dealkylation sites (N-methyl/N-ethyl adjacent to an activating group) is 1. The second-order valence-corrected chi connectivity index (χ2v) is 6.23. The first kappa shape index (κ1) is 20.2. The fourth-order valence-electron chi connectivity index (χ4n) is 3.05. The number of amides is 1. The Labute approximate surface area is 157 Å². The molecule has 0 aromatic heterocycles. The molecule has 1 N–H and O–H groups in total. The van der Waals surface area contributed by atoms with Gasteiger partial charge in [0.05, 0.1) is 0 Å². The predicted molar refractivity (Wildman–Crippen MR) is 105 cm³/mol. The lowest BCUT2D eigenvalue weighted by atomic mass is 10.2. The van der Waals surface area contributed by atoms with E-state index in [1.165, 1.54) is 32.4 Å². The standard InChI is InChI=1S/C16H29N5O.HI/c1-4-8-17-16(18-12-15(22)19(2)3)21-11-7-14(13-21)20-9-5-6-10-20;/h4,14H,1,5-13H2,2-3H3,(H,17,18);1H. The van der Waals surface area contributed by atoms with E-state index in [2.05, 4.69) is 26.7 Å². The maximum absolute atomic E-state index is 11.8. The molecule has 1 unspecified atom stereocenters. The summed E-state index contributed by atoms with van der Waals surface area (Å²) in [5.41, 5.74) is 0. The van der Waals surface area contributed by atoms with Gasteiger partial charge in [-0.25, -0.2) is 4.99 Å². The number of aliphatic imine (C=N–C) groups is 1. The number of carbonyl (C=O) groups excluding carboxylic acids is 1. The third-order valence-corrected chi connectivity index (χ3v) is 4.39. The fourth-order valence-corrected chi connectivity index (χ4v) is 3.05. The Bertz CT molecular complexity index is 421. The monoisotopic (exact) mass is 435 g/mol. The maximum atomic E-state index is 11.8. The highest BCUT2D eigenvalue weighted by Gasteiger charge is 2.30. The average Bonchev–Trinajstić information content (AvgIpc) is 3.17. The molecule has 0 saturated carbocycles. The third-order valence-electron chi connectivity index (χ3n) is 4.39. The van der Waals surface area contributed by atoms with Crippen molar-refractivity contribution >= 4 is 35.8 Å². The molecular formula is C16H30IN5O. The van der Waals surface area contributed by atoms with Crippen molar-refractivity contribution in [2.45, 2.75) is 25.3 Å². The van der Waals surface area contributed by atoms with E-state index in [0.29, 0.717) is 12.6 Å². The summed E-state index contributed by atoms with van der Waals surface area (Å²) >= 11 is 0. The van der Waals surface area contributed by atoms with Crippen LogP contribution < -0.4 is 5.32 Å². The third kappa shape index (κ3) is 5.95. The molecule has 2 heterocycles. The van der Waals surface area contributed by atoms with Crippen LogP contribution in [0, 0.1) is 0 Å². The summed E-state index contributed by atoms with van der Waals surface area (Å²) in [7, 11) is 3.52. The van der Waals surface area contributed by atoms with Crippen molar-refractivity contribution in [3.8, 4) is 0 Å². The average molecular weight is 435 g/mol. The Morgan fingerprint density at radius 3 is 2.65 bits per heavy atom. The van der Waals surface area contributed by atoms with Gasteiger partial charge in [0.25, 0.3) is 0 Å².